The smallest absolute Gasteiger partial charge is 0.155 e. The van der Waals surface area contributed by atoms with Gasteiger partial charge in [0.2, 0.25) is 0 Å². The van der Waals surface area contributed by atoms with Crippen molar-refractivity contribution in [2.24, 2.45) is 12.2 Å². The van der Waals surface area contributed by atoms with Crippen molar-refractivity contribution in [2.45, 2.75) is 0 Å². The summed E-state index contributed by atoms with van der Waals surface area (Å²) in [5.74, 6) is 0.521. The second-order valence-corrected chi connectivity index (χ2v) is 2.13. The molecule has 0 saturated carbocycles. The zero-order chi connectivity index (χ0) is 7.56. The van der Waals surface area contributed by atoms with E-state index in [4.69, 9.17) is 16.8 Å². The second-order valence-electron chi connectivity index (χ2n) is 1.74. The molecule has 0 bridgehead atoms. The SMILES string of the molecule is Cn1c(Cl)cnc1/C=N/O. The number of imidazole rings is 1. The molecule has 0 radical (unpaired) electrons. The lowest BCUT2D eigenvalue weighted by Crippen LogP contribution is -1.95. The minimum atomic E-state index is 0.509. The summed E-state index contributed by atoms with van der Waals surface area (Å²) in [6, 6.07) is 0. The van der Waals surface area contributed by atoms with E-state index in [0.717, 1.165) is 0 Å². The summed E-state index contributed by atoms with van der Waals surface area (Å²) in [6.07, 6.45) is 2.70. The van der Waals surface area contributed by atoms with Gasteiger partial charge >= 0.3 is 0 Å². The van der Waals surface area contributed by atoms with E-state index < -0.39 is 0 Å². The molecule has 0 amide bonds. The van der Waals surface area contributed by atoms with Crippen LogP contribution in [0.3, 0.4) is 0 Å². The fourth-order valence-electron chi connectivity index (χ4n) is 0.574. The number of oxime groups is 1. The molecular weight excluding hydrogens is 154 g/mol. The van der Waals surface area contributed by atoms with Crippen LogP contribution in [-0.2, 0) is 7.05 Å². The Hall–Kier alpha value is -1.03. The number of nitrogens with zero attached hydrogens (tertiary/aromatic N) is 3. The molecular formula is C5H6ClN3O. The molecule has 5 heteroatoms. The average molecular weight is 160 g/mol. The van der Waals surface area contributed by atoms with E-state index >= 15 is 0 Å². The molecule has 4 nitrogen and oxygen atoms in total. The van der Waals surface area contributed by atoms with Crippen LogP contribution >= 0.6 is 11.6 Å². The van der Waals surface area contributed by atoms with E-state index in [0.29, 0.717) is 11.0 Å². The van der Waals surface area contributed by atoms with Crippen LogP contribution in [0.1, 0.15) is 5.82 Å². The molecule has 0 saturated heterocycles. The lowest BCUT2D eigenvalue weighted by Gasteiger charge is -1.92. The first-order valence-corrected chi connectivity index (χ1v) is 2.98. The van der Waals surface area contributed by atoms with Gasteiger partial charge in [0.25, 0.3) is 0 Å². The minimum absolute atomic E-state index is 0.509. The quantitative estimate of drug-likeness (QED) is 0.376. The number of halogens is 1. The van der Waals surface area contributed by atoms with Gasteiger partial charge in [0, 0.05) is 7.05 Å². The third-order valence-corrected chi connectivity index (χ3v) is 1.49. The van der Waals surface area contributed by atoms with E-state index in [9.17, 15) is 0 Å². The first kappa shape index (κ1) is 7.08. The lowest BCUT2D eigenvalue weighted by atomic mass is 10.7. The molecule has 0 atom stereocenters. The van der Waals surface area contributed by atoms with Gasteiger partial charge in [0.1, 0.15) is 11.4 Å². The molecule has 0 aromatic carbocycles. The summed E-state index contributed by atoms with van der Waals surface area (Å²) >= 11 is 5.62. The Morgan fingerprint density at radius 2 is 2.60 bits per heavy atom. The largest absolute Gasteiger partial charge is 0.411 e. The van der Waals surface area contributed by atoms with Crippen LogP contribution in [0.15, 0.2) is 11.4 Å². The van der Waals surface area contributed by atoms with Gasteiger partial charge in [-0.3, -0.25) is 0 Å². The summed E-state index contributed by atoms with van der Waals surface area (Å²) in [6.45, 7) is 0. The van der Waals surface area contributed by atoms with E-state index in [1.165, 1.54) is 12.4 Å². The van der Waals surface area contributed by atoms with Crippen LogP contribution in [-0.4, -0.2) is 21.0 Å². The van der Waals surface area contributed by atoms with E-state index in [-0.39, 0.29) is 0 Å². The maximum Gasteiger partial charge on any atom is 0.155 e. The van der Waals surface area contributed by atoms with Crippen LogP contribution in [0.4, 0.5) is 0 Å². The molecule has 1 aromatic rings. The molecule has 0 fully saturated rings. The maximum absolute atomic E-state index is 8.13. The fraction of sp³-hybridized carbons (Fsp3) is 0.200. The van der Waals surface area contributed by atoms with Gasteiger partial charge in [-0.25, -0.2) is 4.98 Å². The summed E-state index contributed by atoms with van der Waals surface area (Å²) in [5, 5.41) is 11.4. The maximum atomic E-state index is 8.13. The van der Waals surface area contributed by atoms with Crippen LogP contribution in [0.5, 0.6) is 0 Å². The highest BCUT2D eigenvalue weighted by atomic mass is 35.5. The molecule has 0 aliphatic carbocycles. The average Bonchev–Trinajstić information content (AvgIpc) is 2.20. The van der Waals surface area contributed by atoms with Gasteiger partial charge in [0.15, 0.2) is 5.82 Å². The molecule has 0 aliphatic heterocycles. The molecule has 10 heavy (non-hydrogen) atoms. The Kier molecular flexibility index (Phi) is 1.91. The summed E-state index contributed by atoms with van der Waals surface area (Å²) < 4.78 is 1.60. The first-order valence-electron chi connectivity index (χ1n) is 2.60. The molecule has 0 unspecified atom stereocenters. The number of hydrogen-bond acceptors (Lipinski definition) is 3. The minimum Gasteiger partial charge on any atom is -0.411 e. The van der Waals surface area contributed by atoms with Gasteiger partial charge in [-0.1, -0.05) is 16.8 Å². The molecule has 1 rings (SSSR count). The molecule has 1 aromatic heterocycles. The van der Waals surface area contributed by atoms with Crippen LogP contribution in [0, 0.1) is 0 Å². The molecule has 1 N–H and O–H groups in total. The molecule has 0 spiro atoms. The number of hydrogen-bond donors (Lipinski definition) is 1. The zero-order valence-corrected chi connectivity index (χ0v) is 6.08. The Morgan fingerprint density at radius 3 is 3.00 bits per heavy atom. The van der Waals surface area contributed by atoms with Crippen molar-refractivity contribution in [1.82, 2.24) is 9.55 Å². The summed E-state index contributed by atoms with van der Waals surface area (Å²) in [7, 11) is 1.73. The van der Waals surface area contributed by atoms with Crippen LogP contribution in [0.2, 0.25) is 5.15 Å². The molecule has 1 heterocycles. The predicted octanol–water partition coefficient (Wildman–Crippen LogP) is 0.882. The van der Waals surface area contributed by atoms with Crippen molar-refractivity contribution in [1.29, 1.82) is 0 Å². The van der Waals surface area contributed by atoms with E-state index in [2.05, 4.69) is 10.1 Å². The molecule has 54 valence electrons. The van der Waals surface area contributed by atoms with Crippen molar-refractivity contribution in [2.75, 3.05) is 0 Å². The van der Waals surface area contributed by atoms with Crippen LogP contribution < -0.4 is 0 Å². The Balaban J connectivity index is 3.05. The highest BCUT2D eigenvalue weighted by molar-refractivity contribution is 6.29. The van der Waals surface area contributed by atoms with Gasteiger partial charge in [-0.05, 0) is 0 Å². The Bertz CT molecular complexity index is 255. The predicted molar refractivity (Wildman–Crippen MR) is 37.6 cm³/mol. The van der Waals surface area contributed by atoms with Crippen molar-refractivity contribution in [3.05, 3.63) is 17.2 Å². The number of rotatable bonds is 1. The first-order chi connectivity index (χ1) is 4.75. The van der Waals surface area contributed by atoms with Crippen molar-refractivity contribution >= 4 is 17.8 Å². The van der Waals surface area contributed by atoms with Crippen LogP contribution in [0.25, 0.3) is 0 Å². The highest BCUT2D eigenvalue weighted by Crippen LogP contribution is 2.06. The third kappa shape index (κ3) is 1.11. The Labute approximate surface area is 62.7 Å². The topological polar surface area (TPSA) is 50.4 Å². The molecule has 0 aliphatic rings. The highest BCUT2D eigenvalue weighted by Gasteiger charge is 1.99. The van der Waals surface area contributed by atoms with Gasteiger partial charge in [-0.2, -0.15) is 0 Å². The van der Waals surface area contributed by atoms with E-state index in [1.54, 1.807) is 11.6 Å². The fourth-order valence-corrected chi connectivity index (χ4v) is 0.709. The van der Waals surface area contributed by atoms with Crippen molar-refractivity contribution in [3.63, 3.8) is 0 Å². The number of aromatic nitrogens is 2. The van der Waals surface area contributed by atoms with Gasteiger partial charge in [-0.15, -0.1) is 0 Å². The summed E-state index contributed by atoms with van der Waals surface area (Å²) in [5.41, 5.74) is 0. The monoisotopic (exact) mass is 159 g/mol. The van der Waals surface area contributed by atoms with Crippen molar-refractivity contribution < 1.29 is 5.21 Å². The standard InChI is InChI=1S/C5H6ClN3O/c1-9-4(6)2-7-5(9)3-8-10/h2-3,10H,1H3/b8-3+. The third-order valence-electron chi connectivity index (χ3n) is 1.14. The Morgan fingerprint density at radius 1 is 1.90 bits per heavy atom. The summed E-state index contributed by atoms with van der Waals surface area (Å²) in [4.78, 5) is 3.83. The normalized spacial score (nSPS) is 11.0. The van der Waals surface area contributed by atoms with Gasteiger partial charge in [0.05, 0.1) is 6.20 Å². The van der Waals surface area contributed by atoms with Gasteiger partial charge < -0.3 is 9.77 Å². The lowest BCUT2D eigenvalue weighted by molar-refractivity contribution is 0.321. The van der Waals surface area contributed by atoms with E-state index in [1.807, 2.05) is 0 Å². The van der Waals surface area contributed by atoms with Crippen molar-refractivity contribution in [3.8, 4) is 0 Å². The second kappa shape index (κ2) is 2.70. The zero-order valence-electron chi connectivity index (χ0n) is 5.32.